The van der Waals surface area contributed by atoms with Crippen molar-refractivity contribution < 1.29 is 19.0 Å². The Hall–Kier alpha value is -1.66. The predicted molar refractivity (Wildman–Crippen MR) is 87.3 cm³/mol. The lowest BCUT2D eigenvalue weighted by Gasteiger charge is -2.17. The summed E-state index contributed by atoms with van der Waals surface area (Å²) in [6.07, 6.45) is 2.72. The number of hydrogen-bond acceptors (Lipinski definition) is 5. The molecule has 0 aromatic heterocycles. The van der Waals surface area contributed by atoms with Crippen molar-refractivity contribution in [2.45, 2.75) is 25.3 Å². The number of halogens is 1. The minimum absolute atomic E-state index is 0. The molecule has 0 bridgehead atoms. The van der Waals surface area contributed by atoms with Gasteiger partial charge in [-0.2, -0.15) is 0 Å². The van der Waals surface area contributed by atoms with E-state index in [1.54, 1.807) is 12.1 Å². The summed E-state index contributed by atoms with van der Waals surface area (Å²) >= 11 is 0. The molecule has 2 rings (SSSR count). The predicted octanol–water partition coefficient (Wildman–Crippen LogP) is 2.20. The average molecular weight is 331 g/mol. The number of benzene rings is 1. The first-order chi connectivity index (χ1) is 10.1. The second-order valence-corrected chi connectivity index (χ2v) is 5.10. The van der Waals surface area contributed by atoms with Crippen LogP contribution >= 0.6 is 12.4 Å². The van der Waals surface area contributed by atoms with E-state index in [4.69, 9.17) is 19.9 Å². The third kappa shape index (κ3) is 3.75. The van der Waals surface area contributed by atoms with Crippen LogP contribution in [-0.4, -0.2) is 33.3 Å². The summed E-state index contributed by atoms with van der Waals surface area (Å²) in [6, 6.07) is 3.35. The van der Waals surface area contributed by atoms with Gasteiger partial charge < -0.3 is 25.3 Å². The standard InChI is InChI=1S/C15H22N2O4.ClH/c1-19-12-7-9(8-13(20-2)14(12)21-3)17-15(18)10-5-4-6-11(10)16;/h7-8,10-11H,4-6,16H2,1-3H3,(H,17,18);1H. The average Bonchev–Trinajstić information content (AvgIpc) is 2.92. The Labute approximate surface area is 136 Å². The molecular formula is C15H23ClN2O4. The zero-order chi connectivity index (χ0) is 15.4. The molecule has 0 spiro atoms. The molecule has 0 saturated heterocycles. The fourth-order valence-electron chi connectivity index (χ4n) is 2.70. The molecule has 2 atom stereocenters. The second-order valence-electron chi connectivity index (χ2n) is 5.10. The van der Waals surface area contributed by atoms with Crippen LogP contribution in [0.2, 0.25) is 0 Å². The monoisotopic (exact) mass is 330 g/mol. The molecule has 124 valence electrons. The molecule has 7 heteroatoms. The highest BCUT2D eigenvalue weighted by atomic mass is 35.5. The second kappa shape index (κ2) is 8.10. The maximum atomic E-state index is 12.3. The Morgan fingerprint density at radius 1 is 1.14 bits per heavy atom. The van der Waals surface area contributed by atoms with Crippen molar-refractivity contribution in [1.29, 1.82) is 0 Å². The highest BCUT2D eigenvalue weighted by Gasteiger charge is 2.30. The topological polar surface area (TPSA) is 82.8 Å². The lowest BCUT2D eigenvalue weighted by Crippen LogP contribution is -2.34. The fraction of sp³-hybridized carbons (Fsp3) is 0.533. The van der Waals surface area contributed by atoms with E-state index in [0.29, 0.717) is 22.9 Å². The van der Waals surface area contributed by atoms with Crippen LogP contribution in [0.15, 0.2) is 12.1 Å². The van der Waals surface area contributed by atoms with Gasteiger partial charge in [0.15, 0.2) is 11.5 Å². The van der Waals surface area contributed by atoms with Gasteiger partial charge in [-0.05, 0) is 12.8 Å². The number of nitrogens with two attached hydrogens (primary N) is 1. The van der Waals surface area contributed by atoms with E-state index in [2.05, 4.69) is 5.32 Å². The van der Waals surface area contributed by atoms with Gasteiger partial charge in [-0.15, -0.1) is 12.4 Å². The minimum atomic E-state index is -0.135. The molecule has 0 heterocycles. The Morgan fingerprint density at radius 2 is 1.73 bits per heavy atom. The van der Waals surface area contributed by atoms with Crippen molar-refractivity contribution in [3.05, 3.63) is 12.1 Å². The molecule has 1 saturated carbocycles. The van der Waals surface area contributed by atoms with Gasteiger partial charge in [0, 0.05) is 23.9 Å². The third-order valence-corrected chi connectivity index (χ3v) is 3.84. The fourth-order valence-corrected chi connectivity index (χ4v) is 2.70. The summed E-state index contributed by atoms with van der Waals surface area (Å²) in [5.74, 6) is 1.31. The number of hydrogen-bond donors (Lipinski definition) is 2. The molecule has 1 aliphatic carbocycles. The molecule has 1 aliphatic rings. The molecule has 6 nitrogen and oxygen atoms in total. The van der Waals surface area contributed by atoms with Gasteiger partial charge in [-0.3, -0.25) is 4.79 Å². The molecule has 1 amide bonds. The molecule has 3 N–H and O–H groups in total. The van der Waals surface area contributed by atoms with Crippen LogP contribution in [-0.2, 0) is 4.79 Å². The molecule has 2 unspecified atom stereocenters. The maximum Gasteiger partial charge on any atom is 0.229 e. The molecule has 0 aliphatic heterocycles. The molecular weight excluding hydrogens is 308 g/mol. The van der Waals surface area contributed by atoms with Gasteiger partial charge in [0.1, 0.15) is 0 Å². The van der Waals surface area contributed by atoms with Crippen LogP contribution in [0.4, 0.5) is 5.69 Å². The maximum absolute atomic E-state index is 12.3. The number of methoxy groups -OCH3 is 3. The SMILES string of the molecule is COc1cc(NC(=O)C2CCCC2N)cc(OC)c1OC.Cl. The Morgan fingerprint density at radius 3 is 2.14 bits per heavy atom. The summed E-state index contributed by atoms with van der Waals surface area (Å²) in [6.45, 7) is 0. The van der Waals surface area contributed by atoms with Crippen LogP contribution in [0, 0.1) is 5.92 Å². The summed E-state index contributed by atoms with van der Waals surface area (Å²) < 4.78 is 15.8. The van der Waals surface area contributed by atoms with E-state index in [0.717, 1.165) is 19.3 Å². The van der Waals surface area contributed by atoms with Gasteiger partial charge in [0.2, 0.25) is 11.7 Å². The first kappa shape index (κ1) is 18.4. The number of carbonyl (C=O) groups is 1. The zero-order valence-electron chi connectivity index (χ0n) is 13.0. The van der Waals surface area contributed by atoms with Crippen molar-refractivity contribution >= 4 is 24.0 Å². The Bertz CT molecular complexity index is 499. The third-order valence-electron chi connectivity index (χ3n) is 3.84. The van der Waals surface area contributed by atoms with Crippen molar-refractivity contribution in [2.24, 2.45) is 11.7 Å². The highest BCUT2D eigenvalue weighted by molar-refractivity contribution is 5.94. The van der Waals surface area contributed by atoms with Crippen molar-refractivity contribution in [3.63, 3.8) is 0 Å². The molecule has 1 fully saturated rings. The smallest absolute Gasteiger partial charge is 0.229 e. The largest absolute Gasteiger partial charge is 0.493 e. The van der Waals surface area contributed by atoms with Gasteiger partial charge in [-0.25, -0.2) is 0 Å². The number of amides is 1. The van der Waals surface area contributed by atoms with E-state index < -0.39 is 0 Å². The molecule has 22 heavy (non-hydrogen) atoms. The number of carbonyl (C=O) groups excluding carboxylic acids is 1. The normalized spacial score (nSPS) is 20.0. The van der Waals surface area contributed by atoms with Crippen LogP contribution in [0.5, 0.6) is 17.2 Å². The van der Waals surface area contributed by atoms with E-state index in [1.165, 1.54) is 21.3 Å². The zero-order valence-corrected chi connectivity index (χ0v) is 13.9. The number of rotatable bonds is 5. The van der Waals surface area contributed by atoms with E-state index in [-0.39, 0.29) is 30.3 Å². The van der Waals surface area contributed by atoms with E-state index in [9.17, 15) is 4.79 Å². The van der Waals surface area contributed by atoms with Gasteiger partial charge in [0.25, 0.3) is 0 Å². The summed E-state index contributed by atoms with van der Waals surface area (Å²) in [5, 5.41) is 2.88. The quantitative estimate of drug-likeness (QED) is 0.864. The first-order valence-corrected chi connectivity index (χ1v) is 6.97. The van der Waals surface area contributed by atoms with Crippen molar-refractivity contribution in [1.82, 2.24) is 0 Å². The number of nitrogens with one attached hydrogen (secondary N) is 1. The van der Waals surface area contributed by atoms with E-state index in [1.807, 2.05) is 0 Å². The molecule has 0 radical (unpaired) electrons. The molecule has 1 aromatic carbocycles. The van der Waals surface area contributed by atoms with Gasteiger partial charge in [0.05, 0.1) is 27.2 Å². The lowest BCUT2D eigenvalue weighted by molar-refractivity contribution is -0.120. The van der Waals surface area contributed by atoms with Crippen molar-refractivity contribution in [2.75, 3.05) is 26.6 Å². The van der Waals surface area contributed by atoms with Crippen molar-refractivity contribution in [3.8, 4) is 17.2 Å². The Kier molecular flexibility index (Phi) is 6.77. The minimum Gasteiger partial charge on any atom is -0.493 e. The van der Waals surface area contributed by atoms with Gasteiger partial charge >= 0.3 is 0 Å². The van der Waals surface area contributed by atoms with Gasteiger partial charge in [-0.1, -0.05) is 6.42 Å². The number of anilines is 1. The van der Waals surface area contributed by atoms with Crippen LogP contribution in [0.1, 0.15) is 19.3 Å². The van der Waals surface area contributed by atoms with E-state index >= 15 is 0 Å². The Balaban J connectivity index is 0.00000242. The number of ether oxygens (including phenoxy) is 3. The lowest BCUT2D eigenvalue weighted by atomic mass is 10.0. The van der Waals surface area contributed by atoms with Crippen LogP contribution in [0.25, 0.3) is 0 Å². The molecule has 1 aromatic rings. The summed E-state index contributed by atoms with van der Waals surface area (Å²) in [7, 11) is 4.61. The summed E-state index contributed by atoms with van der Waals surface area (Å²) in [4.78, 5) is 12.3. The van der Waals surface area contributed by atoms with Crippen LogP contribution < -0.4 is 25.3 Å². The summed E-state index contributed by atoms with van der Waals surface area (Å²) in [5.41, 5.74) is 6.57. The van der Waals surface area contributed by atoms with Crippen LogP contribution in [0.3, 0.4) is 0 Å². The highest BCUT2D eigenvalue weighted by Crippen LogP contribution is 2.40. The first-order valence-electron chi connectivity index (χ1n) is 6.97.